The van der Waals surface area contributed by atoms with Crippen LogP contribution in [0.15, 0.2) is 0 Å². The zero-order valence-corrected chi connectivity index (χ0v) is 12.9. The number of carboxylic acid groups (broad SMARTS) is 1. The number of carbonyl (C=O) groups excluding carboxylic acids is 1. The van der Waals surface area contributed by atoms with Crippen molar-refractivity contribution in [2.24, 2.45) is 5.92 Å². The Morgan fingerprint density at radius 3 is 2.55 bits per heavy atom. The summed E-state index contributed by atoms with van der Waals surface area (Å²) in [5.74, 6) is -0.202. The van der Waals surface area contributed by atoms with E-state index in [0.717, 1.165) is 32.1 Å². The van der Waals surface area contributed by atoms with Crippen molar-refractivity contribution in [1.82, 2.24) is 10.2 Å². The van der Waals surface area contributed by atoms with Gasteiger partial charge in [0, 0.05) is 18.6 Å². The number of amides is 2. The fraction of sp³-hybridized carbons (Fsp3) is 0.867. The number of carbonyl (C=O) groups is 2. The van der Waals surface area contributed by atoms with Gasteiger partial charge in [-0.25, -0.2) is 4.79 Å². The van der Waals surface area contributed by atoms with Crippen LogP contribution >= 0.6 is 0 Å². The number of urea groups is 1. The molecule has 20 heavy (non-hydrogen) atoms. The van der Waals surface area contributed by atoms with Crippen LogP contribution in [-0.2, 0) is 4.79 Å². The lowest BCUT2D eigenvalue weighted by Gasteiger charge is -2.35. The maximum atomic E-state index is 12.3. The molecule has 0 aliphatic carbocycles. The third-order valence-corrected chi connectivity index (χ3v) is 3.85. The standard InChI is InChI=1S/C15H28N2O3/c1-11(2)7-8-12(3)16-15(20)17-9-5-4-6-13(17)10-14(18)19/h11-13H,4-10H2,1-3H3,(H,16,20)(H,18,19). The van der Waals surface area contributed by atoms with Crippen LogP contribution in [-0.4, -0.2) is 40.6 Å². The summed E-state index contributed by atoms with van der Waals surface area (Å²) in [6, 6.07) is -0.122. The normalized spacial score (nSPS) is 20.8. The maximum absolute atomic E-state index is 12.3. The number of aliphatic carboxylic acids is 1. The molecule has 5 nitrogen and oxygen atoms in total. The number of hydrogen-bond acceptors (Lipinski definition) is 2. The molecule has 116 valence electrons. The molecule has 5 heteroatoms. The molecule has 2 unspecified atom stereocenters. The molecule has 0 spiro atoms. The van der Waals surface area contributed by atoms with Crippen molar-refractivity contribution in [2.75, 3.05) is 6.54 Å². The van der Waals surface area contributed by atoms with Crippen molar-refractivity contribution in [1.29, 1.82) is 0 Å². The van der Waals surface area contributed by atoms with Gasteiger partial charge in [-0.15, -0.1) is 0 Å². The summed E-state index contributed by atoms with van der Waals surface area (Å²) in [6.07, 6.45) is 4.85. The molecule has 0 radical (unpaired) electrons. The summed E-state index contributed by atoms with van der Waals surface area (Å²) in [4.78, 5) is 24.9. The molecule has 1 saturated heterocycles. The highest BCUT2D eigenvalue weighted by Gasteiger charge is 2.28. The Morgan fingerprint density at radius 1 is 1.25 bits per heavy atom. The average Bonchev–Trinajstić information content (AvgIpc) is 2.36. The van der Waals surface area contributed by atoms with Gasteiger partial charge in [-0.3, -0.25) is 4.79 Å². The predicted octanol–water partition coefficient (Wildman–Crippen LogP) is 2.85. The molecule has 2 N–H and O–H groups in total. The third-order valence-electron chi connectivity index (χ3n) is 3.85. The van der Waals surface area contributed by atoms with E-state index in [1.807, 2.05) is 6.92 Å². The highest BCUT2D eigenvalue weighted by molar-refractivity contribution is 5.76. The smallest absolute Gasteiger partial charge is 0.317 e. The van der Waals surface area contributed by atoms with Gasteiger partial charge < -0.3 is 15.3 Å². The van der Waals surface area contributed by atoms with E-state index in [1.54, 1.807) is 4.90 Å². The van der Waals surface area contributed by atoms with E-state index < -0.39 is 5.97 Å². The van der Waals surface area contributed by atoms with Crippen molar-refractivity contribution >= 4 is 12.0 Å². The number of rotatable bonds is 6. The minimum Gasteiger partial charge on any atom is -0.481 e. The summed E-state index contributed by atoms with van der Waals surface area (Å²) < 4.78 is 0. The second-order valence-electron chi connectivity index (χ2n) is 6.26. The zero-order chi connectivity index (χ0) is 15.1. The van der Waals surface area contributed by atoms with E-state index in [4.69, 9.17) is 5.11 Å². The van der Waals surface area contributed by atoms with Crippen LogP contribution in [0.5, 0.6) is 0 Å². The van der Waals surface area contributed by atoms with E-state index in [0.29, 0.717) is 12.5 Å². The van der Waals surface area contributed by atoms with Gasteiger partial charge in [0.2, 0.25) is 0 Å². The Kier molecular flexibility index (Phi) is 6.82. The first-order valence-electron chi connectivity index (χ1n) is 7.69. The molecule has 0 aromatic heterocycles. The molecule has 0 aromatic rings. The van der Waals surface area contributed by atoms with E-state index >= 15 is 0 Å². The van der Waals surface area contributed by atoms with Gasteiger partial charge in [0.1, 0.15) is 0 Å². The van der Waals surface area contributed by atoms with Crippen molar-refractivity contribution in [2.45, 2.75) is 71.4 Å². The van der Waals surface area contributed by atoms with E-state index in [-0.39, 0.29) is 24.5 Å². The fourth-order valence-electron chi connectivity index (χ4n) is 2.63. The molecule has 0 aromatic carbocycles. The number of nitrogens with one attached hydrogen (secondary N) is 1. The Morgan fingerprint density at radius 2 is 1.95 bits per heavy atom. The van der Waals surface area contributed by atoms with Crippen LogP contribution in [0.3, 0.4) is 0 Å². The van der Waals surface area contributed by atoms with E-state index in [2.05, 4.69) is 19.2 Å². The molecule has 0 bridgehead atoms. The van der Waals surface area contributed by atoms with E-state index in [9.17, 15) is 9.59 Å². The topological polar surface area (TPSA) is 69.6 Å². The molecule has 1 rings (SSSR count). The van der Waals surface area contributed by atoms with E-state index in [1.165, 1.54) is 0 Å². The Hall–Kier alpha value is -1.26. The van der Waals surface area contributed by atoms with Crippen molar-refractivity contribution in [3.63, 3.8) is 0 Å². The summed E-state index contributed by atoms with van der Waals surface area (Å²) in [6.45, 7) is 7.02. The minimum atomic E-state index is -0.831. The predicted molar refractivity (Wildman–Crippen MR) is 78.7 cm³/mol. The lowest BCUT2D eigenvalue weighted by Crippen LogP contribution is -2.51. The second kappa shape index (κ2) is 8.12. The highest BCUT2D eigenvalue weighted by Crippen LogP contribution is 2.20. The lowest BCUT2D eigenvalue weighted by atomic mass is 9.99. The molecular weight excluding hydrogens is 256 g/mol. The van der Waals surface area contributed by atoms with Gasteiger partial charge in [-0.2, -0.15) is 0 Å². The van der Waals surface area contributed by atoms with Gasteiger partial charge in [-0.1, -0.05) is 13.8 Å². The van der Waals surface area contributed by atoms with Crippen LogP contribution in [0, 0.1) is 5.92 Å². The minimum absolute atomic E-state index is 0.0494. The summed E-state index contributed by atoms with van der Waals surface area (Å²) in [5.41, 5.74) is 0. The van der Waals surface area contributed by atoms with Crippen LogP contribution in [0.2, 0.25) is 0 Å². The Balaban J connectivity index is 2.48. The van der Waals surface area contributed by atoms with Crippen LogP contribution in [0.1, 0.15) is 59.3 Å². The monoisotopic (exact) mass is 284 g/mol. The molecular formula is C15H28N2O3. The third kappa shape index (κ3) is 5.80. The SMILES string of the molecule is CC(C)CCC(C)NC(=O)N1CCCCC1CC(=O)O. The molecule has 1 fully saturated rings. The number of likely N-dealkylation sites (tertiary alicyclic amines) is 1. The molecule has 1 aliphatic rings. The maximum Gasteiger partial charge on any atom is 0.317 e. The Labute approximate surface area is 121 Å². The molecule has 1 heterocycles. The number of carboxylic acids is 1. The Bertz CT molecular complexity index is 331. The van der Waals surface area contributed by atoms with Gasteiger partial charge in [-0.05, 0) is 44.9 Å². The first-order valence-corrected chi connectivity index (χ1v) is 7.69. The number of hydrogen-bond donors (Lipinski definition) is 2. The van der Waals surface area contributed by atoms with Gasteiger partial charge in [0.05, 0.1) is 6.42 Å². The number of piperidine rings is 1. The van der Waals surface area contributed by atoms with Crippen LogP contribution < -0.4 is 5.32 Å². The summed E-state index contributed by atoms with van der Waals surface area (Å²) >= 11 is 0. The second-order valence-corrected chi connectivity index (χ2v) is 6.26. The number of nitrogens with zero attached hydrogens (tertiary/aromatic N) is 1. The van der Waals surface area contributed by atoms with Crippen molar-refractivity contribution in [3.8, 4) is 0 Å². The van der Waals surface area contributed by atoms with Gasteiger partial charge >= 0.3 is 12.0 Å². The summed E-state index contributed by atoms with van der Waals surface area (Å²) in [7, 11) is 0. The van der Waals surface area contributed by atoms with Crippen LogP contribution in [0.4, 0.5) is 4.79 Å². The van der Waals surface area contributed by atoms with Gasteiger partial charge in [0.15, 0.2) is 0 Å². The lowest BCUT2D eigenvalue weighted by molar-refractivity contribution is -0.138. The molecule has 2 amide bonds. The fourth-order valence-corrected chi connectivity index (χ4v) is 2.63. The van der Waals surface area contributed by atoms with Crippen molar-refractivity contribution in [3.05, 3.63) is 0 Å². The van der Waals surface area contributed by atoms with Gasteiger partial charge in [0.25, 0.3) is 0 Å². The van der Waals surface area contributed by atoms with Crippen LogP contribution in [0.25, 0.3) is 0 Å². The first-order chi connectivity index (χ1) is 9.40. The zero-order valence-electron chi connectivity index (χ0n) is 12.9. The quantitative estimate of drug-likeness (QED) is 0.788. The molecule has 1 aliphatic heterocycles. The first kappa shape index (κ1) is 16.8. The highest BCUT2D eigenvalue weighted by atomic mass is 16.4. The average molecular weight is 284 g/mol. The molecule has 2 atom stereocenters. The van der Waals surface area contributed by atoms with Crippen molar-refractivity contribution < 1.29 is 14.7 Å². The molecule has 0 saturated carbocycles. The largest absolute Gasteiger partial charge is 0.481 e. The summed E-state index contributed by atoms with van der Waals surface area (Å²) in [5, 5.41) is 11.9.